The number of aromatic hydroxyl groups is 1. The normalized spacial score (nSPS) is 28.4. The number of ketones is 2. The quantitative estimate of drug-likeness (QED) is 0.211. The van der Waals surface area contributed by atoms with Crippen molar-refractivity contribution in [3.8, 4) is 22.9 Å². The number of amides is 1. The summed E-state index contributed by atoms with van der Waals surface area (Å²) in [6.07, 6.45) is -0.583. The van der Waals surface area contributed by atoms with Gasteiger partial charge in [-0.2, -0.15) is 5.26 Å². The molecule has 3 aliphatic carbocycles. The molecular formula is C37H38N6O7. The molecule has 50 heavy (non-hydrogen) atoms. The monoisotopic (exact) mass is 678 g/mol. The zero-order valence-corrected chi connectivity index (χ0v) is 27.7. The van der Waals surface area contributed by atoms with Crippen LogP contribution in [0.2, 0.25) is 0 Å². The Balaban J connectivity index is 1.44. The molecule has 9 N–H and O–H groups in total. The van der Waals surface area contributed by atoms with Crippen molar-refractivity contribution in [3.63, 3.8) is 0 Å². The van der Waals surface area contributed by atoms with E-state index in [1.165, 1.54) is 25.1 Å². The first-order chi connectivity index (χ1) is 23.7. The summed E-state index contributed by atoms with van der Waals surface area (Å²) in [6.45, 7) is 3.70. The maximum atomic E-state index is 14.7. The number of phenolic OH excluding ortho intramolecular Hbond substituents is 1. The second-order valence-corrected chi connectivity index (χ2v) is 14.0. The molecule has 13 heteroatoms. The highest BCUT2D eigenvalue weighted by atomic mass is 16.5. The molecule has 13 nitrogen and oxygen atoms in total. The molecule has 3 aromatic carbocycles. The molecule has 4 aliphatic rings. The number of Topliss-reactive ketones (excluding diaryl/α,β-unsaturated/α-hetero) is 2. The van der Waals surface area contributed by atoms with Gasteiger partial charge in [-0.05, 0) is 66.0 Å². The Morgan fingerprint density at radius 3 is 2.32 bits per heavy atom. The number of nitriles is 1. The summed E-state index contributed by atoms with van der Waals surface area (Å²) in [5, 5.41) is 47.2. The summed E-state index contributed by atoms with van der Waals surface area (Å²) in [5.41, 5.74) is 14.5. The number of aliphatic hydroxyl groups excluding tert-OH is 2. The molecule has 0 unspecified atom stereocenters. The van der Waals surface area contributed by atoms with Crippen LogP contribution in [0.5, 0.6) is 5.75 Å². The highest BCUT2D eigenvalue weighted by molar-refractivity contribution is 6.25. The molecule has 2 fully saturated rings. The number of hydrogen-bond acceptors (Lipinski definition) is 12. The number of morpholine rings is 1. The van der Waals surface area contributed by atoms with Crippen molar-refractivity contribution in [2.75, 3.05) is 40.4 Å². The minimum absolute atomic E-state index is 0.0550. The predicted molar refractivity (Wildman–Crippen MR) is 183 cm³/mol. The number of carbonyl (C=O) groups excluding carboxylic acids is 3. The number of likely N-dealkylation sites (N-methyl/N-ethyl adjacent to an activating group) is 1. The first-order valence-electron chi connectivity index (χ1n) is 16.3. The Morgan fingerprint density at radius 1 is 1.02 bits per heavy atom. The number of carbonyl (C=O) groups is 3. The molecule has 1 amide bonds. The van der Waals surface area contributed by atoms with E-state index in [9.17, 15) is 35.0 Å². The molecular weight excluding hydrogens is 640 g/mol. The lowest BCUT2D eigenvalue weighted by Gasteiger charge is -2.58. The maximum Gasteiger partial charge on any atom is 0.255 e. The van der Waals surface area contributed by atoms with Crippen molar-refractivity contribution in [2.24, 2.45) is 22.6 Å². The fourth-order valence-electron chi connectivity index (χ4n) is 8.82. The molecule has 1 saturated heterocycles. The molecule has 7 rings (SSSR count). The zero-order valence-electron chi connectivity index (χ0n) is 27.7. The molecule has 1 saturated carbocycles. The van der Waals surface area contributed by atoms with E-state index in [0.717, 1.165) is 41.5 Å². The predicted octanol–water partition coefficient (Wildman–Crippen LogP) is 1.56. The van der Waals surface area contributed by atoms with Gasteiger partial charge in [0.2, 0.25) is 0 Å². The second-order valence-electron chi connectivity index (χ2n) is 14.0. The SMILES string of the molecule is CN(C)[C@@H]1C(=O)C(C(N)=O)=C(O)[C@@]2(C#N)C(=O)C3=C(O)c4c(O)ccc(-c5ccc(CN6CCOCC6)c6ccccc56)c4C[C@@]3(N)C[C@@]12N. The van der Waals surface area contributed by atoms with Gasteiger partial charge >= 0.3 is 0 Å². The maximum absolute atomic E-state index is 14.7. The average molecular weight is 679 g/mol. The van der Waals surface area contributed by atoms with E-state index >= 15 is 0 Å². The fraction of sp³-hybridized carbons (Fsp3) is 0.351. The number of ether oxygens (including phenoxy) is 1. The van der Waals surface area contributed by atoms with Gasteiger partial charge in [0, 0.05) is 19.6 Å². The molecule has 0 radical (unpaired) electrons. The number of primary amides is 1. The second kappa shape index (κ2) is 11.5. The third-order valence-electron chi connectivity index (χ3n) is 10.9. The number of hydrogen-bond donors (Lipinski definition) is 6. The fourth-order valence-corrected chi connectivity index (χ4v) is 8.82. The number of aliphatic hydroxyl groups is 2. The Morgan fingerprint density at radius 2 is 1.68 bits per heavy atom. The number of benzene rings is 3. The number of nitrogens with two attached hydrogens (primary N) is 3. The van der Waals surface area contributed by atoms with Crippen LogP contribution >= 0.6 is 0 Å². The van der Waals surface area contributed by atoms with Crippen LogP contribution in [0.15, 0.2) is 65.4 Å². The molecule has 1 aliphatic heterocycles. The van der Waals surface area contributed by atoms with Gasteiger partial charge in [-0.15, -0.1) is 0 Å². The van der Waals surface area contributed by atoms with E-state index in [1.807, 2.05) is 36.4 Å². The van der Waals surface area contributed by atoms with Gasteiger partial charge in [0.1, 0.15) is 22.8 Å². The zero-order chi connectivity index (χ0) is 35.9. The lowest BCUT2D eigenvalue weighted by atomic mass is 9.47. The van der Waals surface area contributed by atoms with Crippen LogP contribution in [0.4, 0.5) is 0 Å². The van der Waals surface area contributed by atoms with Gasteiger partial charge < -0.3 is 37.3 Å². The minimum Gasteiger partial charge on any atom is -0.509 e. The van der Waals surface area contributed by atoms with Gasteiger partial charge in [-0.3, -0.25) is 24.2 Å². The third kappa shape index (κ3) is 4.40. The van der Waals surface area contributed by atoms with Crippen LogP contribution in [0, 0.1) is 16.7 Å². The average Bonchev–Trinajstić information content (AvgIpc) is 3.05. The largest absolute Gasteiger partial charge is 0.509 e. The summed E-state index contributed by atoms with van der Waals surface area (Å²) in [5.74, 6) is -5.69. The van der Waals surface area contributed by atoms with Crippen molar-refractivity contribution in [3.05, 3.63) is 82.1 Å². The van der Waals surface area contributed by atoms with Gasteiger partial charge in [0.25, 0.3) is 5.91 Å². The molecule has 0 bridgehead atoms. The van der Waals surface area contributed by atoms with Crippen molar-refractivity contribution >= 4 is 34.0 Å². The van der Waals surface area contributed by atoms with Crippen LogP contribution < -0.4 is 17.2 Å². The van der Waals surface area contributed by atoms with Gasteiger partial charge in [-0.1, -0.05) is 42.5 Å². The van der Waals surface area contributed by atoms with E-state index in [2.05, 4.69) is 11.0 Å². The van der Waals surface area contributed by atoms with Gasteiger partial charge in [-0.25, -0.2) is 0 Å². The van der Waals surface area contributed by atoms with Crippen molar-refractivity contribution in [2.45, 2.75) is 36.5 Å². The Labute approximate surface area is 287 Å². The van der Waals surface area contributed by atoms with Crippen LogP contribution in [-0.4, -0.2) is 100 Å². The molecule has 1 heterocycles. The Hall–Kier alpha value is -5.10. The summed E-state index contributed by atoms with van der Waals surface area (Å²) < 4.78 is 5.52. The Bertz CT molecular complexity index is 2130. The lowest BCUT2D eigenvalue weighted by Crippen LogP contribution is -2.80. The lowest BCUT2D eigenvalue weighted by molar-refractivity contribution is -0.139. The van der Waals surface area contributed by atoms with E-state index in [-0.39, 0.29) is 17.7 Å². The van der Waals surface area contributed by atoms with E-state index in [1.54, 1.807) is 6.07 Å². The summed E-state index contributed by atoms with van der Waals surface area (Å²) in [7, 11) is 2.97. The van der Waals surface area contributed by atoms with Crippen molar-refractivity contribution < 1.29 is 34.4 Å². The first kappa shape index (κ1) is 33.4. The van der Waals surface area contributed by atoms with E-state index in [0.29, 0.717) is 24.3 Å². The smallest absolute Gasteiger partial charge is 0.255 e. The summed E-state index contributed by atoms with van der Waals surface area (Å²) in [4.78, 5) is 44.6. The van der Waals surface area contributed by atoms with E-state index in [4.69, 9.17) is 21.9 Å². The third-order valence-corrected chi connectivity index (χ3v) is 10.9. The molecule has 258 valence electrons. The number of fused-ring (bicyclic) bond motifs is 4. The number of nitrogens with zero attached hydrogens (tertiary/aromatic N) is 3. The van der Waals surface area contributed by atoms with Gasteiger partial charge in [0.05, 0.1) is 47.5 Å². The van der Waals surface area contributed by atoms with Crippen LogP contribution in [0.3, 0.4) is 0 Å². The Kier molecular flexibility index (Phi) is 7.67. The number of rotatable bonds is 5. The molecule has 0 spiro atoms. The highest BCUT2D eigenvalue weighted by Gasteiger charge is 2.74. The van der Waals surface area contributed by atoms with Crippen LogP contribution in [-0.2, 0) is 32.1 Å². The number of phenols is 1. The minimum atomic E-state index is -2.72. The summed E-state index contributed by atoms with van der Waals surface area (Å²) >= 11 is 0. The standard InChI is InChI=1S/C37H38N6O7/c1-42(2)31-30(46)27(34(39)49)32(47)36(18-38)33(48)28-29(45)26-24(15-35(28,40)17-37(31,36)41)23(9-10-25(26)44)22-8-7-19(16-43-11-13-50-14-12-43)20-5-3-4-6-21(20)22/h3-10,31,44-45,47H,11-17,40-41H2,1-2H3,(H2,39,49)/t31-,35-,36+,37-/m1/s1. The molecule has 3 aromatic rings. The van der Waals surface area contributed by atoms with Crippen molar-refractivity contribution in [1.29, 1.82) is 5.26 Å². The first-order valence-corrected chi connectivity index (χ1v) is 16.3. The summed E-state index contributed by atoms with van der Waals surface area (Å²) in [6, 6.07) is 15.4. The van der Waals surface area contributed by atoms with E-state index < -0.39 is 69.1 Å². The van der Waals surface area contributed by atoms with Crippen molar-refractivity contribution in [1.82, 2.24) is 9.80 Å². The molecule has 0 aromatic heterocycles. The van der Waals surface area contributed by atoms with Crippen LogP contribution in [0.1, 0.15) is 23.1 Å². The topological polar surface area (TPSA) is 229 Å². The van der Waals surface area contributed by atoms with Crippen LogP contribution in [0.25, 0.3) is 27.7 Å². The highest BCUT2D eigenvalue weighted by Crippen LogP contribution is 2.59. The van der Waals surface area contributed by atoms with Gasteiger partial charge in [0.15, 0.2) is 17.0 Å². The molecule has 4 atom stereocenters.